The van der Waals surface area contributed by atoms with E-state index in [9.17, 15) is 9.90 Å². The van der Waals surface area contributed by atoms with Gasteiger partial charge in [-0.05, 0) is 79.5 Å². The number of nitrogens with one attached hydrogen (secondary N) is 2. The zero-order valence-electron chi connectivity index (χ0n) is 22.6. The van der Waals surface area contributed by atoms with Crippen molar-refractivity contribution in [1.82, 2.24) is 15.2 Å². The van der Waals surface area contributed by atoms with Crippen molar-refractivity contribution in [3.05, 3.63) is 130 Å². The van der Waals surface area contributed by atoms with Crippen LogP contribution in [-0.2, 0) is 13.1 Å². The van der Waals surface area contributed by atoms with Crippen LogP contribution in [0, 0.1) is 0 Å². The fraction of sp³-hybridized carbons (Fsp3) is 0.176. The third-order valence-corrected chi connectivity index (χ3v) is 7.68. The molecule has 1 aromatic heterocycles. The molecule has 0 radical (unpaired) electrons. The highest BCUT2D eigenvalue weighted by molar-refractivity contribution is 6.30. The molecular formula is C34H31ClN4O2. The zero-order chi connectivity index (χ0) is 28.2. The van der Waals surface area contributed by atoms with Gasteiger partial charge in [0.1, 0.15) is 0 Å². The number of halogens is 1. The van der Waals surface area contributed by atoms with Gasteiger partial charge in [-0.3, -0.25) is 9.69 Å². The first-order valence-electron chi connectivity index (χ1n) is 13.9. The minimum atomic E-state index is -0.217. The molecule has 206 valence electrons. The number of aliphatic imine (C=N–C) groups is 1. The van der Waals surface area contributed by atoms with Crippen molar-refractivity contribution in [2.75, 3.05) is 13.1 Å². The number of carbonyl (C=O) groups is 1. The maximum atomic E-state index is 13.1. The molecule has 4 aromatic carbocycles. The Hall–Kier alpha value is -4.39. The Morgan fingerprint density at radius 2 is 1.66 bits per heavy atom. The number of hydrogen-bond donors (Lipinski definition) is 3. The largest absolute Gasteiger partial charge is 0.494 e. The Bertz CT molecular complexity index is 1700. The van der Waals surface area contributed by atoms with E-state index in [-0.39, 0.29) is 11.8 Å². The topological polar surface area (TPSA) is 80.7 Å². The van der Waals surface area contributed by atoms with Gasteiger partial charge in [0.15, 0.2) is 5.88 Å². The molecule has 0 spiro atoms. The van der Waals surface area contributed by atoms with Gasteiger partial charge in [0, 0.05) is 40.1 Å². The van der Waals surface area contributed by atoms with Crippen LogP contribution in [0.5, 0.6) is 5.88 Å². The molecule has 1 aliphatic rings. The minimum Gasteiger partial charge on any atom is -0.494 e. The Balaban J connectivity index is 1.34. The van der Waals surface area contributed by atoms with Gasteiger partial charge in [0.2, 0.25) is 0 Å². The summed E-state index contributed by atoms with van der Waals surface area (Å²) in [6.45, 7) is 3.60. The van der Waals surface area contributed by atoms with Crippen molar-refractivity contribution in [2.24, 2.45) is 4.99 Å². The second-order valence-corrected chi connectivity index (χ2v) is 10.8. The quantitative estimate of drug-likeness (QED) is 0.175. The van der Waals surface area contributed by atoms with Crippen LogP contribution in [0.25, 0.3) is 10.9 Å². The number of benzene rings is 4. The van der Waals surface area contributed by atoms with Gasteiger partial charge in [-0.2, -0.15) is 0 Å². The summed E-state index contributed by atoms with van der Waals surface area (Å²) in [6, 6.07) is 30.8. The predicted octanol–water partition coefficient (Wildman–Crippen LogP) is 7.22. The third-order valence-electron chi connectivity index (χ3n) is 7.45. The van der Waals surface area contributed by atoms with E-state index in [1.807, 2.05) is 66.7 Å². The number of fused-ring (bicyclic) bond motifs is 1. The molecule has 5 aromatic rings. The molecule has 0 saturated carbocycles. The second kappa shape index (κ2) is 12.0. The van der Waals surface area contributed by atoms with E-state index in [0.717, 1.165) is 36.4 Å². The summed E-state index contributed by atoms with van der Waals surface area (Å²) in [5.74, 6) is -0.213. The molecule has 3 N–H and O–H groups in total. The van der Waals surface area contributed by atoms with Gasteiger partial charge < -0.3 is 15.4 Å². The molecule has 1 saturated heterocycles. The van der Waals surface area contributed by atoms with E-state index in [2.05, 4.69) is 27.3 Å². The molecule has 1 fully saturated rings. The van der Waals surface area contributed by atoms with Gasteiger partial charge in [0.05, 0.1) is 17.0 Å². The number of aromatic nitrogens is 1. The molecule has 1 amide bonds. The number of aromatic hydroxyl groups is 1. The molecule has 0 bridgehead atoms. The number of amides is 1. The second-order valence-electron chi connectivity index (χ2n) is 10.4. The Kier molecular flexibility index (Phi) is 7.85. The molecule has 0 atom stereocenters. The lowest BCUT2D eigenvalue weighted by Gasteiger charge is -2.14. The molecule has 6 rings (SSSR count). The van der Waals surface area contributed by atoms with Crippen LogP contribution in [0.1, 0.15) is 45.5 Å². The maximum Gasteiger partial charge on any atom is 0.251 e. The van der Waals surface area contributed by atoms with Crippen molar-refractivity contribution in [2.45, 2.75) is 25.9 Å². The first-order chi connectivity index (χ1) is 20.0. The van der Waals surface area contributed by atoms with Gasteiger partial charge in [-0.15, -0.1) is 0 Å². The summed E-state index contributed by atoms with van der Waals surface area (Å²) in [4.78, 5) is 23.7. The van der Waals surface area contributed by atoms with Crippen LogP contribution < -0.4 is 5.32 Å². The highest BCUT2D eigenvalue weighted by Crippen LogP contribution is 2.32. The molecular weight excluding hydrogens is 532 g/mol. The van der Waals surface area contributed by atoms with Crippen molar-refractivity contribution in [3.63, 3.8) is 0 Å². The smallest absolute Gasteiger partial charge is 0.251 e. The third kappa shape index (κ3) is 6.19. The Morgan fingerprint density at radius 1 is 0.878 bits per heavy atom. The lowest BCUT2D eigenvalue weighted by atomic mass is 9.99. The van der Waals surface area contributed by atoms with Crippen LogP contribution in [0.4, 0.5) is 5.69 Å². The number of likely N-dealkylation sites (tertiary alicyclic amines) is 1. The van der Waals surface area contributed by atoms with E-state index in [1.54, 1.807) is 18.2 Å². The number of H-pyrrole nitrogens is 1. The summed E-state index contributed by atoms with van der Waals surface area (Å²) in [7, 11) is 0. The average Bonchev–Trinajstić information content (AvgIpc) is 3.62. The lowest BCUT2D eigenvalue weighted by Crippen LogP contribution is -2.22. The number of carbonyl (C=O) groups excluding carboxylic acids is 1. The van der Waals surface area contributed by atoms with E-state index in [0.29, 0.717) is 39.3 Å². The van der Waals surface area contributed by atoms with Crippen LogP contribution in [0.3, 0.4) is 0 Å². The molecule has 1 aliphatic heterocycles. The predicted molar refractivity (Wildman–Crippen MR) is 165 cm³/mol. The summed E-state index contributed by atoms with van der Waals surface area (Å²) in [5.41, 5.74) is 6.20. The Morgan fingerprint density at radius 3 is 2.41 bits per heavy atom. The van der Waals surface area contributed by atoms with E-state index in [1.165, 1.54) is 18.4 Å². The number of aromatic amines is 1. The first-order valence-corrected chi connectivity index (χ1v) is 14.2. The van der Waals surface area contributed by atoms with Gasteiger partial charge >= 0.3 is 0 Å². The van der Waals surface area contributed by atoms with Crippen molar-refractivity contribution >= 4 is 39.8 Å². The fourth-order valence-electron chi connectivity index (χ4n) is 5.35. The summed E-state index contributed by atoms with van der Waals surface area (Å²) in [6.07, 6.45) is 2.53. The summed E-state index contributed by atoms with van der Waals surface area (Å²) in [5, 5.41) is 15.4. The average molecular weight is 563 g/mol. The lowest BCUT2D eigenvalue weighted by molar-refractivity contribution is 0.0951. The van der Waals surface area contributed by atoms with Gasteiger partial charge in [-0.25, -0.2) is 4.99 Å². The number of nitrogens with zero attached hydrogens (tertiary/aromatic N) is 2. The molecule has 0 aliphatic carbocycles. The number of rotatable bonds is 8. The molecule has 6 nitrogen and oxygen atoms in total. The fourth-order valence-corrected chi connectivity index (χ4v) is 5.57. The van der Waals surface area contributed by atoms with E-state index in [4.69, 9.17) is 16.6 Å². The molecule has 0 unspecified atom stereocenters. The highest BCUT2D eigenvalue weighted by Gasteiger charge is 2.20. The highest BCUT2D eigenvalue weighted by atomic mass is 35.5. The number of hydrogen-bond acceptors (Lipinski definition) is 4. The van der Waals surface area contributed by atoms with Crippen molar-refractivity contribution in [1.29, 1.82) is 0 Å². The molecule has 7 heteroatoms. The summed E-state index contributed by atoms with van der Waals surface area (Å²) < 4.78 is 0. The molecule has 2 heterocycles. The van der Waals surface area contributed by atoms with Crippen LogP contribution in [0.2, 0.25) is 5.02 Å². The zero-order valence-corrected chi connectivity index (χ0v) is 23.4. The van der Waals surface area contributed by atoms with Crippen LogP contribution in [-0.4, -0.2) is 39.7 Å². The molecule has 41 heavy (non-hydrogen) atoms. The Labute approximate surface area is 244 Å². The first kappa shape index (κ1) is 26.8. The van der Waals surface area contributed by atoms with E-state index >= 15 is 0 Å². The maximum absolute atomic E-state index is 13.1. The standard InChI is InChI=1S/C34H31ClN4O2/c35-27-10-6-7-24(19-27)21-36-33(40)26-13-16-30-29(20-26)31(34(41)38-30)32(25-8-2-1-3-9-25)37-28-14-11-23(12-15-28)22-39-17-4-5-18-39/h1-3,6-16,19-20,38,41H,4-5,17-18,21-22H2,(H,36,40). The van der Waals surface area contributed by atoms with Crippen LogP contribution >= 0.6 is 11.6 Å². The van der Waals surface area contributed by atoms with Gasteiger partial charge in [0.25, 0.3) is 5.91 Å². The SMILES string of the molecule is O=C(NCc1cccc(Cl)c1)c1ccc2[nH]c(O)c(C(=Nc3ccc(CN4CCCC4)cc3)c3ccccc3)c2c1. The van der Waals surface area contributed by atoms with Crippen molar-refractivity contribution < 1.29 is 9.90 Å². The normalized spacial score (nSPS) is 14.0. The van der Waals surface area contributed by atoms with Crippen LogP contribution in [0.15, 0.2) is 102 Å². The van der Waals surface area contributed by atoms with E-state index < -0.39 is 0 Å². The summed E-state index contributed by atoms with van der Waals surface area (Å²) >= 11 is 6.09. The minimum absolute atomic E-state index is 0.00439. The van der Waals surface area contributed by atoms with Gasteiger partial charge in [-0.1, -0.05) is 66.2 Å². The van der Waals surface area contributed by atoms with Crippen molar-refractivity contribution in [3.8, 4) is 5.88 Å². The monoisotopic (exact) mass is 562 g/mol.